The quantitative estimate of drug-likeness (QED) is 0.208. The van der Waals surface area contributed by atoms with Crippen LogP contribution in [-0.4, -0.2) is 68.3 Å². The zero-order valence-corrected chi connectivity index (χ0v) is 15.8. The maximum absolute atomic E-state index is 11.4. The predicted molar refractivity (Wildman–Crippen MR) is 96.3 cm³/mol. The molecule has 9 N–H and O–H groups in total. The fourth-order valence-electron chi connectivity index (χ4n) is 1.77. The largest absolute Gasteiger partial charge is 0.481 e. The van der Waals surface area contributed by atoms with Gasteiger partial charge in [-0.2, -0.15) is 0 Å². The fraction of sp³-hybridized carbons (Fsp3) is 0.688. The summed E-state index contributed by atoms with van der Waals surface area (Å²) in [7, 11) is 0. The van der Waals surface area contributed by atoms with E-state index in [2.05, 4.69) is 5.32 Å². The molecule has 12 nitrogen and oxygen atoms in total. The summed E-state index contributed by atoms with van der Waals surface area (Å²) < 4.78 is 0. The van der Waals surface area contributed by atoms with Gasteiger partial charge in [0.2, 0.25) is 5.91 Å². The van der Waals surface area contributed by atoms with E-state index < -0.39 is 47.9 Å². The van der Waals surface area contributed by atoms with Crippen LogP contribution in [0.25, 0.3) is 0 Å². The van der Waals surface area contributed by atoms with Crippen LogP contribution in [0.1, 0.15) is 46.0 Å². The number of carbonyl (C=O) groups excluding carboxylic acids is 1. The smallest absolute Gasteiger partial charge is 0.326 e. The van der Waals surface area contributed by atoms with Crippen LogP contribution < -0.4 is 16.8 Å². The topological polar surface area (TPSA) is 230 Å². The second-order valence-electron chi connectivity index (χ2n) is 6.45. The van der Waals surface area contributed by atoms with Crippen molar-refractivity contribution in [1.82, 2.24) is 5.32 Å². The van der Waals surface area contributed by atoms with Crippen molar-refractivity contribution in [3.8, 4) is 0 Å². The van der Waals surface area contributed by atoms with Crippen LogP contribution in [0, 0.1) is 5.92 Å². The molecule has 0 fully saturated rings. The number of amides is 1. The van der Waals surface area contributed by atoms with Gasteiger partial charge in [-0.3, -0.25) is 19.2 Å². The monoisotopic (exact) mass is 407 g/mol. The molecule has 3 atom stereocenters. The van der Waals surface area contributed by atoms with Crippen LogP contribution in [0.2, 0.25) is 0 Å². The zero-order valence-electron chi connectivity index (χ0n) is 15.8. The van der Waals surface area contributed by atoms with Crippen molar-refractivity contribution in [3.63, 3.8) is 0 Å². The first-order chi connectivity index (χ1) is 12.8. The molecule has 0 aliphatic carbocycles. The van der Waals surface area contributed by atoms with E-state index in [0.717, 1.165) is 0 Å². The van der Waals surface area contributed by atoms with Gasteiger partial charge in [-0.05, 0) is 25.2 Å². The first-order valence-corrected chi connectivity index (χ1v) is 8.48. The molecule has 0 rings (SSSR count). The first kappa shape index (κ1) is 27.5. The summed E-state index contributed by atoms with van der Waals surface area (Å²) in [4.78, 5) is 52.6. The lowest BCUT2D eigenvalue weighted by Crippen LogP contribution is -2.42. The minimum Gasteiger partial charge on any atom is -0.481 e. The molecule has 0 aliphatic rings. The van der Waals surface area contributed by atoms with Crippen molar-refractivity contribution in [2.75, 3.05) is 0 Å². The van der Waals surface area contributed by atoms with E-state index in [1.807, 2.05) is 13.8 Å². The third-order valence-electron chi connectivity index (χ3n) is 3.33. The highest BCUT2D eigenvalue weighted by Crippen LogP contribution is 2.06. The molecular weight excluding hydrogens is 378 g/mol. The Morgan fingerprint density at radius 2 is 1.21 bits per heavy atom. The van der Waals surface area contributed by atoms with E-state index in [0.29, 0.717) is 6.42 Å². The van der Waals surface area contributed by atoms with Gasteiger partial charge in [-0.15, -0.1) is 0 Å². The third kappa shape index (κ3) is 15.5. The molecule has 162 valence electrons. The molecule has 0 radical (unpaired) electrons. The Morgan fingerprint density at radius 1 is 0.786 bits per heavy atom. The maximum Gasteiger partial charge on any atom is 0.326 e. The van der Waals surface area contributed by atoms with Gasteiger partial charge in [-0.1, -0.05) is 13.8 Å². The number of carbonyl (C=O) groups is 5. The number of carboxylic acid groups (broad SMARTS) is 4. The Balaban J connectivity index is 0. The van der Waals surface area contributed by atoms with Gasteiger partial charge in [0.1, 0.15) is 18.1 Å². The van der Waals surface area contributed by atoms with Crippen molar-refractivity contribution in [2.45, 2.75) is 64.1 Å². The molecule has 0 aliphatic heterocycles. The lowest BCUT2D eigenvalue weighted by atomic mass is 10.0. The SMILES string of the molecule is CC(C)C[C@H](NC(=O)CC[C@H](N)C(=O)O)C(=O)O.N[C@@H](CCC(=O)O)C(=O)O. The van der Waals surface area contributed by atoms with E-state index in [4.69, 9.17) is 31.9 Å². The lowest BCUT2D eigenvalue weighted by Gasteiger charge is -2.16. The van der Waals surface area contributed by atoms with Gasteiger partial charge in [0.15, 0.2) is 0 Å². The van der Waals surface area contributed by atoms with E-state index in [-0.39, 0.29) is 31.6 Å². The van der Waals surface area contributed by atoms with Gasteiger partial charge in [0.25, 0.3) is 0 Å². The van der Waals surface area contributed by atoms with Gasteiger partial charge < -0.3 is 37.2 Å². The Kier molecular flexibility index (Phi) is 14.1. The van der Waals surface area contributed by atoms with Crippen LogP contribution >= 0.6 is 0 Å². The molecule has 1 amide bonds. The minimum absolute atomic E-state index is 0.0187. The highest BCUT2D eigenvalue weighted by atomic mass is 16.4. The van der Waals surface area contributed by atoms with Crippen molar-refractivity contribution >= 4 is 29.8 Å². The molecule has 0 bridgehead atoms. The molecule has 0 spiro atoms. The number of aliphatic carboxylic acids is 4. The van der Waals surface area contributed by atoms with E-state index in [9.17, 15) is 24.0 Å². The summed E-state index contributed by atoms with van der Waals surface area (Å²) >= 11 is 0. The summed E-state index contributed by atoms with van der Waals surface area (Å²) in [5.41, 5.74) is 10.2. The Bertz CT molecular complexity index is 551. The third-order valence-corrected chi connectivity index (χ3v) is 3.33. The second kappa shape index (κ2) is 14.3. The first-order valence-electron chi connectivity index (χ1n) is 8.48. The Morgan fingerprint density at radius 3 is 1.54 bits per heavy atom. The predicted octanol–water partition coefficient (Wildman–Crippen LogP) is -0.943. The van der Waals surface area contributed by atoms with Crippen molar-refractivity contribution in [2.24, 2.45) is 17.4 Å². The van der Waals surface area contributed by atoms with Crippen LogP contribution in [0.3, 0.4) is 0 Å². The highest BCUT2D eigenvalue weighted by molar-refractivity contribution is 5.84. The number of rotatable bonds is 12. The van der Waals surface area contributed by atoms with E-state index in [1.54, 1.807) is 0 Å². The fourth-order valence-corrected chi connectivity index (χ4v) is 1.77. The molecule has 28 heavy (non-hydrogen) atoms. The summed E-state index contributed by atoms with van der Waals surface area (Å²) in [6, 6.07) is -3.11. The van der Waals surface area contributed by atoms with Crippen LogP contribution in [0.5, 0.6) is 0 Å². The molecule has 0 aromatic rings. The molecule has 12 heteroatoms. The van der Waals surface area contributed by atoms with Gasteiger partial charge >= 0.3 is 23.9 Å². The molecule has 0 aromatic carbocycles. The van der Waals surface area contributed by atoms with Crippen molar-refractivity contribution in [1.29, 1.82) is 0 Å². The average Bonchev–Trinajstić information content (AvgIpc) is 2.56. The number of carboxylic acids is 4. The second-order valence-corrected chi connectivity index (χ2v) is 6.45. The Hall–Kier alpha value is -2.73. The van der Waals surface area contributed by atoms with Crippen LogP contribution in [0.15, 0.2) is 0 Å². The number of hydrogen-bond donors (Lipinski definition) is 7. The summed E-state index contributed by atoms with van der Waals surface area (Å²) in [6.07, 6.45) is -0.0191. The van der Waals surface area contributed by atoms with Crippen LogP contribution in [0.4, 0.5) is 0 Å². The van der Waals surface area contributed by atoms with Gasteiger partial charge in [-0.25, -0.2) is 4.79 Å². The molecule has 0 heterocycles. The zero-order chi connectivity index (χ0) is 22.4. The van der Waals surface area contributed by atoms with Crippen molar-refractivity contribution in [3.05, 3.63) is 0 Å². The van der Waals surface area contributed by atoms with Crippen molar-refractivity contribution < 1.29 is 44.4 Å². The summed E-state index contributed by atoms with van der Waals surface area (Å²) in [6.45, 7) is 3.70. The number of hydrogen-bond acceptors (Lipinski definition) is 7. The van der Waals surface area contributed by atoms with E-state index >= 15 is 0 Å². The maximum atomic E-state index is 11.4. The normalized spacial score (nSPS) is 13.5. The highest BCUT2D eigenvalue weighted by Gasteiger charge is 2.22. The number of nitrogens with one attached hydrogen (secondary N) is 1. The lowest BCUT2D eigenvalue weighted by molar-refractivity contribution is -0.142. The summed E-state index contributed by atoms with van der Waals surface area (Å²) in [5, 5.41) is 36.1. The molecule has 0 aromatic heterocycles. The molecule has 0 unspecified atom stereocenters. The average molecular weight is 407 g/mol. The Labute approximate surface area is 161 Å². The van der Waals surface area contributed by atoms with Gasteiger partial charge in [0, 0.05) is 12.8 Å². The summed E-state index contributed by atoms with van der Waals surface area (Å²) in [5.74, 6) is -4.84. The molecule has 0 saturated heterocycles. The van der Waals surface area contributed by atoms with Gasteiger partial charge in [0.05, 0.1) is 0 Å². The van der Waals surface area contributed by atoms with E-state index in [1.165, 1.54) is 0 Å². The molecular formula is C16H29N3O9. The number of nitrogens with two attached hydrogens (primary N) is 2. The minimum atomic E-state index is -1.18. The molecule has 0 saturated carbocycles. The van der Waals surface area contributed by atoms with Crippen LogP contribution in [-0.2, 0) is 24.0 Å². The standard InChI is InChI=1S/C11H20N2O5.C5H9NO4/c1-6(2)5-8(11(17)18)13-9(14)4-3-7(12)10(15)16;6-3(5(9)10)1-2-4(7)8/h6-8H,3-5,12H2,1-2H3,(H,13,14)(H,15,16)(H,17,18);3H,1-2,6H2,(H,7,8)(H,9,10)/t7-,8-;3-/m00/s1.